The lowest BCUT2D eigenvalue weighted by Crippen LogP contribution is -2.33. The third-order valence-corrected chi connectivity index (χ3v) is 5.53. The number of sulfonamides is 1. The molecular formula is C16H19ClN4O4S. The molecule has 2 rings (SSSR count). The minimum atomic E-state index is -3.66. The van der Waals surface area contributed by atoms with Crippen LogP contribution in [0, 0.1) is 6.92 Å². The minimum Gasteiger partial charge on any atom is -0.345 e. The van der Waals surface area contributed by atoms with Gasteiger partial charge in [0.15, 0.2) is 0 Å². The van der Waals surface area contributed by atoms with Gasteiger partial charge in [0.1, 0.15) is 10.6 Å². The molecule has 1 aromatic carbocycles. The molecule has 8 nitrogen and oxygen atoms in total. The lowest BCUT2D eigenvalue weighted by atomic mass is 10.2. The fourth-order valence-electron chi connectivity index (χ4n) is 2.21. The summed E-state index contributed by atoms with van der Waals surface area (Å²) in [5, 5.41) is 5.64. The van der Waals surface area contributed by atoms with Crippen LogP contribution < -0.4 is 15.4 Å². The van der Waals surface area contributed by atoms with Gasteiger partial charge in [-0.05, 0) is 37.7 Å². The number of aryl methyl sites for hydroxylation is 1. The number of carbonyl (C=O) groups excluding carboxylic acids is 2. The van der Waals surface area contributed by atoms with E-state index >= 15 is 0 Å². The highest BCUT2D eigenvalue weighted by atomic mass is 35.5. The molecule has 10 heteroatoms. The Morgan fingerprint density at radius 2 is 1.96 bits per heavy atom. The van der Waals surface area contributed by atoms with Gasteiger partial charge in [0, 0.05) is 24.0 Å². The molecule has 0 atom stereocenters. The number of hydrogen-bond acceptors (Lipinski definition) is 4. The molecule has 0 bridgehead atoms. The highest BCUT2D eigenvalue weighted by Gasteiger charge is 2.19. The maximum Gasteiger partial charge on any atom is 0.268 e. The summed E-state index contributed by atoms with van der Waals surface area (Å²) in [5.41, 5.74) is 1.39. The molecule has 2 amide bonds. The van der Waals surface area contributed by atoms with Gasteiger partial charge in [0.25, 0.3) is 5.91 Å². The molecule has 0 unspecified atom stereocenters. The van der Waals surface area contributed by atoms with Gasteiger partial charge in [-0.1, -0.05) is 17.7 Å². The molecule has 0 radical (unpaired) electrons. The Balaban J connectivity index is 2.03. The van der Waals surface area contributed by atoms with Gasteiger partial charge >= 0.3 is 0 Å². The lowest BCUT2D eigenvalue weighted by molar-refractivity contribution is -0.115. The van der Waals surface area contributed by atoms with Crippen molar-refractivity contribution in [3.8, 4) is 0 Å². The zero-order chi connectivity index (χ0) is 19.5. The van der Waals surface area contributed by atoms with Gasteiger partial charge in [-0.3, -0.25) is 9.59 Å². The number of hydrogen-bond donors (Lipinski definition) is 3. The second kappa shape index (κ2) is 7.90. The van der Waals surface area contributed by atoms with Crippen LogP contribution in [0.3, 0.4) is 0 Å². The van der Waals surface area contributed by atoms with Gasteiger partial charge in [0.05, 0.1) is 6.54 Å². The highest BCUT2D eigenvalue weighted by molar-refractivity contribution is 7.89. The standard InChI is InChI=1S/C16H19ClN4O4S/c1-10-12(17)5-4-6-13(10)20-15(22)8-19-16(23)14-7-11(9-21(14)3)26(24,25)18-2/h4-7,9,18H,8H2,1-3H3,(H,19,23)(H,20,22). The van der Waals surface area contributed by atoms with E-state index in [-0.39, 0.29) is 17.1 Å². The van der Waals surface area contributed by atoms with Gasteiger partial charge in [-0.15, -0.1) is 0 Å². The van der Waals surface area contributed by atoms with Crippen LogP contribution in [0.1, 0.15) is 16.1 Å². The molecule has 1 aromatic heterocycles. The van der Waals surface area contributed by atoms with E-state index in [2.05, 4.69) is 15.4 Å². The molecule has 1 heterocycles. The Labute approximate surface area is 156 Å². The highest BCUT2D eigenvalue weighted by Crippen LogP contribution is 2.22. The number of amides is 2. The molecule has 3 N–H and O–H groups in total. The second-order valence-electron chi connectivity index (χ2n) is 5.52. The van der Waals surface area contributed by atoms with E-state index in [1.165, 1.54) is 23.9 Å². The smallest absolute Gasteiger partial charge is 0.268 e. The first-order chi connectivity index (χ1) is 12.2. The molecule has 0 spiro atoms. The van der Waals surface area contributed by atoms with E-state index in [1.807, 2.05) is 0 Å². The number of rotatable bonds is 6. The Morgan fingerprint density at radius 3 is 2.62 bits per heavy atom. The van der Waals surface area contributed by atoms with E-state index in [1.54, 1.807) is 32.2 Å². The van der Waals surface area contributed by atoms with E-state index in [9.17, 15) is 18.0 Å². The van der Waals surface area contributed by atoms with Crippen LogP contribution in [0.15, 0.2) is 35.4 Å². The average molecular weight is 399 g/mol. The van der Waals surface area contributed by atoms with Crippen LogP contribution in [0.25, 0.3) is 0 Å². The number of benzene rings is 1. The quantitative estimate of drug-likeness (QED) is 0.680. The third-order valence-electron chi connectivity index (χ3n) is 3.74. The predicted molar refractivity (Wildman–Crippen MR) is 98.8 cm³/mol. The number of halogens is 1. The van der Waals surface area contributed by atoms with E-state index in [0.717, 1.165) is 5.56 Å². The van der Waals surface area contributed by atoms with Crippen molar-refractivity contribution in [1.29, 1.82) is 0 Å². The maximum atomic E-state index is 12.2. The first-order valence-corrected chi connectivity index (χ1v) is 9.45. The second-order valence-corrected chi connectivity index (χ2v) is 7.82. The van der Waals surface area contributed by atoms with E-state index in [4.69, 9.17) is 11.6 Å². The minimum absolute atomic E-state index is 0.0355. The summed E-state index contributed by atoms with van der Waals surface area (Å²) in [6.07, 6.45) is 1.32. The van der Waals surface area contributed by atoms with Crippen molar-refractivity contribution in [3.05, 3.63) is 46.7 Å². The molecule has 0 saturated heterocycles. The van der Waals surface area contributed by atoms with Gasteiger partial charge in [0.2, 0.25) is 15.9 Å². The van der Waals surface area contributed by atoms with Crippen molar-refractivity contribution < 1.29 is 18.0 Å². The zero-order valence-electron chi connectivity index (χ0n) is 14.5. The predicted octanol–water partition coefficient (Wildman–Crippen LogP) is 1.26. The zero-order valence-corrected chi connectivity index (χ0v) is 16.0. The third kappa shape index (κ3) is 4.43. The molecule has 0 aliphatic carbocycles. The van der Waals surface area contributed by atoms with Crippen LogP contribution in [-0.2, 0) is 21.9 Å². The normalized spacial score (nSPS) is 11.2. The summed E-state index contributed by atoms with van der Waals surface area (Å²) in [4.78, 5) is 24.2. The average Bonchev–Trinajstić information content (AvgIpc) is 2.99. The van der Waals surface area contributed by atoms with Crippen LogP contribution in [-0.4, -0.2) is 38.4 Å². The van der Waals surface area contributed by atoms with Crippen LogP contribution in [0.5, 0.6) is 0 Å². The summed E-state index contributed by atoms with van der Waals surface area (Å²) in [7, 11) is -0.834. The number of anilines is 1. The number of carbonyl (C=O) groups is 2. The number of aromatic nitrogens is 1. The summed E-state index contributed by atoms with van der Waals surface area (Å²) in [6, 6.07) is 6.35. The Kier molecular flexibility index (Phi) is 6.06. The molecule has 0 saturated carbocycles. The Morgan fingerprint density at radius 1 is 1.27 bits per heavy atom. The first-order valence-electron chi connectivity index (χ1n) is 7.58. The van der Waals surface area contributed by atoms with Gasteiger partial charge in [-0.25, -0.2) is 13.1 Å². The molecule has 26 heavy (non-hydrogen) atoms. The molecular weight excluding hydrogens is 380 g/mol. The largest absolute Gasteiger partial charge is 0.345 e. The number of nitrogens with one attached hydrogen (secondary N) is 3. The summed E-state index contributed by atoms with van der Waals surface area (Å²) in [6.45, 7) is 1.49. The molecule has 140 valence electrons. The summed E-state index contributed by atoms with van der Waals surface area (Å²) < 4.78 is 27.1. The number of nitrogens with zero attached hydrogens (tertiary/aromatic N) is 1. The summed E-state index contributed by atoms with van der Waals surface area (Å²) >= 11 is 6.00. The van der Waals surface area contributed by atoms with Gasteiger partial charge in [-0.2, -0.15) is 0 Å². The van der Waals surface area contributed by atoms with Crippen molar-refractivity contribution in [2.75, 3.05) is 18.9 Å². The molecule has 0 aliphatic heterocycles. The van der Waals surface area contributed by atoms with Crippen LogP contribution in [0.2, 0.25) is 5.02 Å². The topological polar surface area (TPSA) is 109 Å². The summed E-state index contributed by atoms with van der Waals surface area (Å²) in [5.74, 6) is -0.996. The first kappa shape index (κ1) is 20.0. The van der Waals surface area contributed by atoms with Crippen LogP contribution >= 0.6 is 11.6 Å². The van der Waals surface area contributed by atoms with Crippen molar-refractivity contribution in [2.24, 2.45) is 7.05 Å². The van der Waals surface area contributed by atoms with Crippen molar-refractivity contribution >= 4 is 39.1 Å². The monoisotopic (exact) mass is 398 g/mol. The fraction of sp³-hybridized carbons (Fsp3) is 0.250. The van der Waals surface area contributed by atoms with Crippen molar-refractivity contribution in [3.63, 3.8) is 0 Å². The molecule has 2 aromatic rings. The van der Waals surface area contributed by atoms with Crippen LogP contribution in [0.4, 0.5) is 5.69 Å². The van der Waals surface area contributed by atoms with Crippen molar-refractivity contribution in [1.82, 2.24) is 14.6 Å². The molecule has 0 fully saturated rings. The Hall–Kier alpha value is -2.36. The lowest BCUT2D eigenvalue weighted by Gasteiger charge is -2.10. The maximum absolute atomic E-state index is 12.2. The van der Waals surface area contributed by atoms with Crippen molar-refractivity contribution in [2.45, 2.75) is 11.8 Å². The SMILES string of the molecule is CNS(=O)(=O)c1cc(C(=O)NCC(=O)Nc2cccc(Cl)c2C)n(C)c1. The Bertz CT molecular complexity index is 953. The van der Waals surface area contributed by atoms with E-state index < -0.39 is 21.8 Å². The fourth-order valence-corrected chi connectivity index (χ4v) is 3.19. The van der Waals surface area contributed by atoms with E-state index in [0.29, 0.717) is 10.7 Å². The van der Waals surface area contributed by atoms with Gasteiger partial charge < -0.3 is 15.2 Å². The molecule has 0 aliphatic rings.